The molecule has 1 heterocycles. The third-order valence-corrected chi connectivity index (χ3v) is 4.50. The lowest BCUT2D eigenvalue weighted by Crippen LogP contribution is -1.96. The summed E-state index contributed by atoms with van der Waals surface area (Å²) in [7, 11) is 4.88. The minimum atomic E-state index is 0.620. The number of aromatic nitrogens is 1. The average Bonchev–Trinajstić information content (AvgIpc) is 3.10. The Hall–Kier alpha value is -2.53. The summed E-state index contributed by atoms with van der Waals surface area (Å²) in [6.07, 6.45) is 0. The molecule has 1 aromatic heterocycles. The highest BCUT2D eigenvalue weighted by Crippen LogP contribution is 2.44. The minimum absolute atomic E-state index is 0.620. The first-order valence-electron chi connectivity index (χ1n) is 7.49. The first-order valence-corrected chi connectivity index (χ1v) is 8.33. The van der Waals surface area contributed by atoms with E-state index in [0.29, 0.717) is 17.2 Å². The van der Waals surface area contributed by atoms with Gasteiger partial charge in [0, 0.05) is 17.0 Å². The fourth-order valence-electron chi connectivity index (χ4n) is 2.60. The molecule has 0 spiro atoms. The van der Waals surface area contributed by atoms with Gasteiger partial charge in [-0.2, -0.15) is 4.37 Å². The summed E-state index contributed by atoms with van der Waals surface area (Å²) in [6, 6.07) is 12.1. The van der Waals surface area contributed by atoms with Gasteiger partial charge in [0.2, 0.25) is 0 Å². The summed E-state index contributed by atoms with van der Waals surface area (Å²) in [5.41, 5.74) is 5.12. The number of aryl methyl sites for hydroxylation is 1. The van der Waals surface area contributed by atoms with Crippen molar-refractivity contribution >= 4 is 11.5 Å². The van der Waals surface area contributed by atoms with E-state index in [-0.39, 0.29) is 0 Å². The largest absolute Gasteiger partial charge is 0.497 e. The van der Waals surface area contributed by atoms with Gasteiger partial charge in [0.25, 0.3) is 0 Å². The molecule has 24 heavy (non-hydrogen) atoms. The van der Waals surface area contributed by atoms with Crippen LogP contribution in [0.2, 0.25) is 0 Å². The summed E-state index contributed by atoms with van der Waals surface area (Å²) in [5.74, 6) is 1.97. The van der Waals surface area contributed by atoms with Crippen LogP contribution in [-0.2, 0) is 0 Å². The minimum Gasteiger partial charge on any atom is -0.497 e. The maximum Gasteiger partial charge on any atom is 0.170 e. The summed E-state index contributed by atoms with van der Waals surface area (Å²) >= 11 is 1.42. The fraction of sp³-hybridized carbons (Fsp3) is 0.211. The van der Waals surface area contributed by atoms with Gasteiger partial charge in [-0.15, -0.1) is 0 Å². The molecule has 2 aromatic carbocycles. The van der Waals surface area contributed by atoms with Crippen molar-refractivity contribution in [2.45, 2.75) is 6.92 Å². The highest BCUT2D eigenvalue weighted by molar-refractivity contribution is 7.04. The Morgan fingerprint density at radius 3 is 2.25 bits per heavy atom. The molecule has 0 aliphatic rings. The molecular formula is C19H19NO3S. The number of hydrogen-bond donors (Lipinski definition) is 0. The molecule has 5 heteroatoms. The predicted molar refractivity (Wildman–Crippen MR) is 97.4 cm³/mol. The van der Waals surface area contributed by atoms with E-state index in [4.69, 9.17) is 14.2 Å². The summed E-state index contributed by atoms with van der Waals surface area (Å²) in [6.45, 7) is 2.08. The van der Waals surface area contributed by atoms with Crippen molar-refractivity contribution in [3.8, 4) is 39.6 Å². The lowest BCUT2D eigenvalue weighted by Gasteiger charge is -2.14. The Kier molecular flexibility index (Phi) is 4.71. The Balaban J connectivity index is 2.20. The third-order valence-electron chi connectivity index (χ3n) is 3.88. The van der Waals surface area contributed by atoms with Gasteiger partial charge in [0.15, 0.2) is 11.5 Å². The molecule has 0 fully saturated rings. The Bertz CT molecular complexity index is 840. The molecule has 4 nitrogen and oxygen atoms in total. The van der Waals surface area contributed by atoms with Gasteiger partial charge in [0.1, 0.15) is 5.75 Å². The van der Waals surface area contributed by atoms with Crippen LogP contribution in [0, 0.1) is 6.92 Å². The Morgan fingerprint density at radius 2 is 1.62 bits per heavy atom. The zero-order valence-electron chi connectivity index (χ0n) is 14.1. The van der Waals surface area contributed by atoms with Gasteiger partial charge in [-0.3, -0.25) is 0 Å². The molecule has 3 aromatic rings. The molecule has 0 atom stereocenters. The smallest absolute Gasteiger partial charge is 0.170 e. The van der Waals surface area contributed by atoms with E-state index < -0.39 is 0 Å². The maximum atomic E-state index is 5.58. The third kappa shape index (κ3) is 2.95. The number of hydrogen-bond acceptors (Lipinski definition) is 5. The van der Waals surface area contributed by atoms with Crippen LogP contribution in [0.15, 0.2) is 41.8 Å². The van der Waals surface area contributed by atoms with Crippen molar-refractivity contribution in [1.82, 2.24) is 4.37 Å². The highest BCUT2D eigenvalue weighted by Gasteiger charge is 2.20. The standard InChI is InChI=1S/C19H19NO3S/c1-12-5-7-13(8-6-12)16-11-24-20-18(16)15-9-14(21-2)10-17(22-3)19(15)23-4/h5-11H,1-4H3. The van der Waals surface area contributed by atoms with E-state index in [9.17, 15) is 0 Å². The van der Waals surface area contributed by atoms with Crippen LogP contribution in [0.4, 0.5) is 0 Å². The number of rotatable bonds is 5. The second-order valence-electron chi connectivity index (χ2n) is 5.35. The molecule has 3 rings (SSSR count). The molecular weight excluding hydrogens is 322 g/mol. The molecule has 0 unspecified atom stereocenters. The van der Waals surface area contributed by atoms with Crippen molar-refractivity contribution in [2.75, 3.05) is 21.3 Å². The van der Waals surface area contributed by atoms with Gasteiger partial charge < -0.3 is 14.2 Å². The Labute approximate surface area is 145 Å². The average molecular weight is 341 g/mol. The van der Waals surface area contributed by atoms with Crippen molar-refractivity contribution in [3.05, 3.63) is 47.3 Å². The monoisotopic (exact) mass is 341 g/mol. The molecule has 0 saturated carbocycles. The number of benzene rings is 2. The van der Waals surface area contributed by atoms with E-state index >= 15 is 0 Å². The predicted octanol–water partition coefficient (Wildman–Crippen LogP) is 4.81. The van der Waals surface area contributed by atoms with Gasteiger partial charge in [0.05, 0.1) is 32.6 Å². The first-order chi connectivity index (χ1) is 11.7. The van der Waals surface area contributed by atoms with E-state index in [1.54, 1.807) is 27.4 Å². The van der Waals surface area contributed by atoms with E-state index in [2.05, 4.69) is 35.6 Å². The lowest BCUT2D eigenvalue weighted by atomic mass is 10.00. The SMILES string of the molecule is COc1cc(OC)c(OC)c(-c2nscc2-c2ccc(C)cc2)c1. The molecule has 124 valence electrons. The van der Waals surface area contributed by atoms with Crippen LogP contribution in [0.3, 0.4) is 0 Å². The van der Waals surface area contributed by atoms with Gasteiger partial charge in [-0.25, -0.2) is 0 Å². The van der Waals surface area contributed by atoms with E-state index in [0.717, 1.165) is 22.4 Å². The lowest BCUT2D eigenvalue weighted by molar-refractivity contribution is 0.350. The molecule has 0 N–H and O–H groups in total. The van der Waals surface area contributed by atoms with Crippen LogP contribution in [-0.4, -0.2) is 25.7 Å². The van der Waals surface area contributed by atoms with Crippen molar-refractivity contribution in [3.63, 3.8) is 0 Å². The summed E-state index contributed by atoms with van der Waals surface area (Å²) in [4.78, 5) is 0. The van der Waals surface area contributed by atoms with E-state index in [1.807, 2.05) is 11.4 Å². The molecule has 0 saturated heterocycles. The molecule has 0 bridgehead atoms. The zero-order chi connectivity index (χ0) is 17.1. The maximum absolute atomic E-state index is 5.58. The van der Waals surface area contributed by atoms with Crippen molar-refractivity contribution in [2.24, 2.45) is 0 Å². The summed E-state index contributed by atoms with van der Waals surface area (Å²) in [5, 5.41) is 2.05. The molecule has 0 amide bonds. The van der Waals surface area contributed by atoms with E-state index in [1.165, 1.54) is 17.1 Å². The Morgan fingerprint density at radius 1 is 0.875 bits per heavy atom. The number of nitrogens with zero attached hydrogens (tertiary/aromatic N) is 1. The topological polar surface area (TPSA) is 40.6 Å². The quantitative estimate of drug-likeness (QED) is 0.668. The number of methoxy groups -OCH3 is 3. The molecule has 0 aliphatic carbocycles. The van der Waals surface area contributed by atoms with Gasteiger partial charge >= 0.3 is 0 Å². The van der Waals surface area contributed by atoms with Crippen LogP contribution >= 0.6 is 11.5 Å². The second-order valence-corrected chi connectivity index (χ2v) is 5.98. The fourth-order valence-corrected chi connectivity index (χ4v) is 3.31. The van der Waals surface area contributed by atoms with Crippen LogP contribution < -0.4 is 14.2 Å². The number of ether oxygens (including phenoxy) is 3. The summed E-state index contributed by atoms with van der Waals surface area (Å²) < 4.78 is 21.0. The van der Waals surface area contributed by atoms with Gasteiger partial charge in [-0.1, -0.05) is 29.8 Å². The van der Waals surface area contributed by atoms with Gasteiger partial charge in [-0.05, 0) is 30.1 Å². The second kappa shape index (κ2) is 6.93. The molecule has 0 radical (unpaired) electrons. The zero-order valence-corrected chi connectivity index (χ0v) is 14.9. The first kappa shape index (κ1) is 16.3. The molecule has 0 aliphatic heterocycles. The van der Waals surface area contributed by atoms with Crippen molar-refractivity contribution < 1.29 is 14.2 Å². The van der Waals surface area contributed by atoms with Crippen LogP contribution in [0.5, 0.6) is 17.2 Å². The van der Waals surface area contributed by atoms with Crippen LogP contribution in [0.1, 0.15) is 5.56 Å². The highest BCUT2D eigenvalue weighted by atomic mass is 32.1. The van der Waals surface area contributed by atoms with Crippen LogP contribution in [0.25, 0.3) is 22.4 Å². The normalized spacial score (nSPS) is 10.5. The van der Waals surface area contributed by atoms with Crippen molar-refractivity contribution in [1.29, 1.82) is 0 Å².